The summed E-state index contributed by atoms with van der Waals surface area (Å²) in [6.45, 7) is 1.72. The van der Waals surface area contributed by atoms with Gasteiger partial charge < -0.3 is 16.2 Å². The maximum absolute atomic E-state index is 11.9. The van der Waals surface area contributed by atoms with Crippen LogP contribution in [0.15, 0.2) is 29.3 Å². The first kappa shape index (κ1) is 16.4. The van der Waals surface area contributed by atoms with Gasteiger partial charge in [-0.15, -0.1) is 25.6 Å². The van der Waals surface area contributed by atoms with Crippen molar-refractivity contribution in [3.05, 3.63) is 29.8 Å². The summed E-state index contributed by atoms with van der Waals surface area (Å²) in [5.41, 5.74) is 11.1. The monoisotopic (exact) mass is 283 g/mol. The molecular formula is C10H13ClF3N3O. The lowest BCUT2D eigenvalue weighted by Gasteiger charge is -2.11. The number of nitrogens with two attached hydrogens (primary N) is 2. The molecule has 1 aromatic carbocycles. The molecule has 0 saturated heterocycles. The Morgan fingerprint density at radius 2 is 1.72 bits per heavy atom. The lowest BCUT2D eigenvalue weighted by Crippen LogP contribution is -2.23. The number of hydrogen-bond acceptors (Lipinski definition) is 2. The number of hydrogen-bond donors (Lipinski definition) is 2. The molecule has 18 heavy (non-hydrogen) atoms. The minimum atomic E-state index is -4.69. The molecule has 4 nitrogen and oxygen atoms in total. The first-order chi connectivity index (χ1) is 7.78. The van der Waals surface area contributed by atoms with E-state index in [2.05, 4.69) is 9.73 Å². The van der Waals surface area contributed by atoms with Gasteiger partial charge in [0.2, 0.25) is 0 Å². The Morgan fingerprint density at radius 1 is 1.22 bits per heavy atom. The summed E-state index contributed by atoms with van der Waals surface area (Å²) in [5.74, 6) is -0.355. The third kappa shape index (κ3) is 5.62. The number of alkyl halides is 3. The zero-order valence-electron chi connectivity index (χ0n) is 9.44. The molecule has 0 spiro atoms. The van der Waals surface area contributed by atoms with Crippen LogP contribution in [0.5, 0.6) is 5.75 Å². The highest BCUT2D eigenvalue weighted by Gasteiger charge is 2.30. The molecule has 0 radical (unpaired) electrons. The van der Waals surface area contributed by atoms with Crippen LogP contribution in [-0.4, -0.2) is 12.3 Å². The lowest BCUT2D eigenvalue weighted by atomic mass is 10.1. The number of aliphatic imine (C=N–C) groups is 1. The van der Waals surface area contributed by atoms with E-state index in [9.17, 15) is 13.2 Å². The zero-order chi connectivity index (χ0) is 13.1. The van der Waals surface area contributed by atoms with Crippen LogP contribution in [-0.2, 0) is 0 Å². The molecule has 0 bridgehead atoms. The maximum Gasteiger partial charge on any atom is 0.573 e. The normalized spacial score (nSPS) is 12.2. The van der Waals surface area contributed by atoms with Crippen LogP contribution in [0.25, 0.3) is 0 Å². The second-order valence-electron chi connectivity index (χ2n) is 3.35. The van der Waals surface area contributed by atoms with Gasteiger partial charge in [0, 0.05) is 0 Å². The Morgan fingerprint density at radius 3 is 2.11 bits per heavy atom. The predicted octanol–water partition coefficient (Wildman–Crippen LogP) is 2.34. The fourth-order valence-electron chi connectivity index (χ4n) is 1.25. The summed E-state index contributed by atoms with van der Waals surface area (Å²) >= 11 is 0. The largest absolute Gasteiger partial charge is 0.573 e. The third-order valence-electron chi connectivity index (χ3n) is 1.94. The van der Waals surface area contributed by atoms with Crippen LogP contribution in [0.2, 0.25) is 0 Å². The minimum absolute atomic E-state index is 0. The molecule has 4 N–H and O–H groups in total. The Labute approximate surface area is 108 Å². The molecule has 0 amide bonds. The summed E-state index contributed by atoms with van der Waals surface area (Å²) in [5, 5.41) is 0. The minimum Gasteiger partial charge on any atom is -0.406 e. The molecule has 1 rings (SSSR count). The van der Waals surface area contributed by atoms with Crippen LogP contribution in [0.3, 0.4) is 0 Å². The van der Waals surface area contributed by atoms with Crippen molar-refractivity contribution < 1.29 is 17.9 Å². The van der Waals surface area contributed by atoms with Crippen molar-refractivity contribution in [2.45, 2.75) is 19.3 Å². The standard InChI is InChI=1S/C10H12F3N3O.ClH/c1-6(16-9(14)15)7-2-4-8(5-3-7)17-10(11,12)13;/h2-6H,1H3,(H4,14,15,16);1H. The van der Waals surface area contributed by atoms with Gasteiger partial charge >= 0.3 is 6.36 Å². The van der Waals surface area contributed by atoms with Crippen molar-refractivity contribution >= 4 is 18.4 Å². The van der Waals surface area contributed by atoms with Gasteiger partial charge in [0.05, 0.1) is 6.04 Å². The molecule has 0 saturated carbocycles. The summed E-state index contributed by atoms with van der Waals surface area (Å²) in [6, 6.07) is 5.04. The van der Waals surface area contributed by atoms with Crippen LogP contribution in [0, 0.1) is 0 Å². The lowest BCUT2D eigenvalue weighted by molar-refractivity contribution is -0.274. The second-order valence-corrected chi connectivity index (χ2v) is 3.35. The summed E-state index contributed by atoms with van der Waals surface area (Å²) in [4.78, 5) is 3.86. The molecular weight excluding hydrogens is 271 g/mol. The molecule has 0 aromatic heterocycles. The average Bonchev–Trinajstić information content (AvgIpc) is 2.15. The van der Waals surface area contributed by atoms with E-state index in [-0.39, 0.29) is 30.2 Å². The van der Waals surface area contributed by atoms with Crippen molar-refractivity contribution in [1.82, 2.24) is 0 Å². The number of halogens is 4. The van der Waals surface area contributed by atoms with Gasteiger partial charge in [-0.25, -0.2) is 4.99 Å². The molecule has 0 aliphatic carbocycles. The number of nitrogens with zero attached hydrogens (tertiary/aromatic N) is 1. The molecule has 0 fully saturated rings. The maximum atomic E-state index is 11.9. The quantitative estimate of drug-likeness (QED) is 0.660. The highest BCUT2D eigenvalue weighted by atomic mass is 35.5. The van der Waals surface area contributed by atoms with Gasteiger partial charge in [-0.3, -0.25) is 0 Å². The molecule has 1 unspecified atom stereocenters. The Hall–Kier alpha value is -1.63. The van der Waals surface area contributed by atoms with Gasteiger partial charge in [-0.1, -0.05) is 12.1 Å². The van der Waals surface area contributed by atoms with Gasteiger partial charge in [0.25, 0.3) is 0 Å². The van der Waals surface area contributed by atoms with Crippen molar-refractivity contribution in [2.24, 2.45) is 16.5 Å². The van der Waals surface area contributed by atoms with Gasteiger partial charge in [-0.05, 0) is 24.6 Å². The van der Waals surface area contributed by atoms with E-state index in [4.69, 9.17) is 11.5 Å². The van der Waals surface area contributed by atoms with Crippen LogP contribution in [0.1, 0.15) is 18.5 Å². The topological polar surface area (TPSA) is 73.6 Å². The molecule has 8 heteroatoms. The van der Waals surface area contributed by atoms with Crippen molar-refractivity contribution in [1.29, 1.82) is 0 Å². The Balaban J connectivity index is 0.00000289. The first-order valence-electron chi connectivity index (χ1n) is 4.72. The number of ether oxygens (including phenoxy) is 1. The van der Waals surface area contributed by atoms with Crippen molar-refractivity contribution in [3.8, 4) is 5.75 Å². The summed E-state index contributed by atoms with van der Waals surface area (Å²) in [7, 11) is 0. The van der Waals surface area contributed by atoms with E-state index in [1.54, 1.807) is 6.92 Å². The van der Waals surface area contributed by atoms with E-state index in [1.165, 1.54) is 24.3 Å². The molecule has 1 aromatic rings. The fraction of sp³-hybridized carbons (Fsp3) is 0.300. The molecule has 102 valence electrons. The fourth-order valence-corrected chi connectivity index (χ4v) is 1.25. The van der Waals surface area contributed by atoms with E-state index >= 15 is 0 Å². The number of rotatable bonds is 3. The van der Waals surface area contributed by atoms with Crippen molar-refractivity contribution in [2.75, 3.05) is 0 Å². The summed E-state index contributed by atoms with van der Waals surface area (Å²) < 4.78 is 39.4. The average molecular weight is 284 g/mol. The first-order valence-corrected chi connectivity index (χ1v) is 4.72. The molecule has 0 heterocycles. The van der Waals surface area contributed by atoms with E-state index in [0.29, 0.717) is 5.56 Å². The van der Waals surface area contributed by atoms with Gasteiger partial charge in [-0.2, -0.15) is 0 Å². The van der Waals surface area contributed by atoms with Crippen LogP contribution >= 0.6 is 12.4 Å². The smallest absolute Gasteiger partial charge is 0.406 e. The van der Waals surface area contributed by atoms with E-state index in [0.717, 1.165) is 0 Å². The predicted molar refractivity (Wildman–Crippen MR) is 64.6 cm³/mol. The van der Waals surface area contributed by atoms with E-state index < -0.39 is 6.36 Å². The van der Waals surface area contributed by atoms with E-state index in [1.807, 2.05) is 0 Å². The molecule has 1 atom stereocenters. The van der Waals surface area contributed by atoms with Gasteiger partial charge in [0.1, 0.15) is 5.75 Å². The van der Waals surface area contributed by atoms with Crippen LogP contribution in [0.4, 0.5) is 13.2 Å². The highest BCUT2D eigenvalue weighted by molar-refractivity contribution is 5.85. The molecule has 0 aliphatic heterocycles. The number of guanidine groups is 1. The second kappa shape index (κ2) is 6.34. The Kier molecular flexibility index (Phi) is 5.77. The number of benzene rings is 1. The molecule has 0 aliphatic rings. The van der Waals surface area contributed by atoms with Crippen LogP contribution < -0.4 is 16.2 Å². The SMILES string of the molecule is CC(N=C(N)N)c1ccc(OC(F)(F)F)cc1.Cl. The third-order valence-corrected chi connectivity index (χ3v) is 1.94. The van der Waals surface area contributed by atoms with Crippen molar-refractivity contribution in [3.63, 3.8) is 0 Å². The summed E-state index contributed by atoms with van der Waals surface area (Å²) in [6.07, 6.45) is -4.69. The zero-order valence-corrected chi connectivity index (χ0v) is 10.3. The van der Waals surface area contributed by atoms with Gasteiger partial charge in [0.15, 0.2) is 5.96 Å². The Bertz CT molecular complexity index is 402. The highest BCUT2D eigenvalue weighted by Crippen LogP contribution is 2.25.